The van der Waals surface area contributed by atoms with Crippen LogP contribution >= 0.6 is 0 Å². The lowest BCUT2D eigenvalue weighted by Crippen LogP contribution is -2.39. The van der Waals surface area contributed by atoms with Crippen LogP contribution < -0.4 is 0 Å². The van der Waals surface area contributed by atoms with Gasteiger partial charge in [0, 0.05) is 25.5 Å². The number of hydrogen-bond acceptors (Lipinski definition) is 2. The molecule has 1 unspecified atom stereocenters. The maximum absolute atomic E-state index is 2.72. The smallest absolute Gasteiger partial charge is 0.101 e. The summed E-state index contributed by atoms with van der Waals surface area (Å²) >= 11 is 0. The molecule has 1 rings (SSSR count). The van der Waals surface area contributed by atoms with E-state index in [1.807, 2.05) is 0 Å². The zero-order valence-corrected chi connectivity index (χ0v) is 30.4. The molecule has 0 aliphatic carbocycles. The van der Waals surface area contributed by atoms with Gasteiger partial charge in [0.25, 0.3) is 0 Å². The van der Waals surface area contributed by atoms with Gasteiger partial charge >= 0.3 is 0 Å². The van der Waals surface area contributed by atoms with Gasteiger partial charge in [-0.25, -0.2) is 0 Å². The molecule has 0 N–H and O–H groups in total. The van der Waals surface area contributed by atoms with Crippen LogP contribution in [0.1, 0.15) is 233 Å². The predicted octanol–water partition coefficient (Wildman–Crippen LogP) is 14.3. The molecule has 1 heterocycles. The summed E-state index contributed by atoms with van der Waals surface area (Å²) in [6, 6.07) is 0. The summed E-state index contributed by atoms with van der Waals surface area (Å²) in [6.07, 6.45) is 52.9. The lowest BCUT2D eigenvalue weighted by Gasteiger charge is -2.33. The molecule has 0 amide bonds. The molecule has 0 saturated heterocycles. The first-order valence-electron chi connectivity index (χ1n) is 20.5. The third kappa shape index (κ3) is 25.2. The Morgan fingerprint density at radius 1 is 0.302 bits per heavy atom. The quantitative estimate of drug-likeness (QED) is 0.0666. The Labute approximate surface area is 273 Å². The molecule has 1 atom stereocenters. The van der Waals surface area contributed by atoms with Crippen LogP contribution in [0.15, 0.2) is 12.4 Å². The second-order valence-electron chi connectivity index (χ2n) is 14.3. The van der Waals surface area contributed by atoms with Gasteiger partial charge in [-0.3, -0.25) is 0 Å². The van der Waals surface area contributed by atoms with Crippen LogP contribution in [0.3, 0.4) is 0 Å². The normalized spacial score (nSPS) is 14.9. The third-order valence-corrected chi connectivity index (χ3v) is 10.1. The first kappa shape index (κ1) is 40.4. The second-order valence-corrected chi connectivity index (χ2v) is 14.3. The summed E-state index contributed by atoms with van der Waals surface area (Å²) in [5.74, 6) is 0. The van der Waals surface area contributed by atoms with Crippen molar-refractivity contribution in [3.63, 3.8) is 0 Å². The van der Waals surface area contributed by atoms with E-state index >= 15 is 0 Å². The molecular formula is C41H82N2. The molecular weight excluding hydrogens is 520 g/mol. The fraction of sp³-hybridized carbons (Fsp3) is 0.951. The van der Waals surface area contributed by atoms with Gasteiger partial charge in [-0.1, -0.05) is 207 Å². The Morgan fingerprint density at radius 3 is 0.814 bits per heavy atom. The van der Waals surface area contributed by atoms with Crippen molar-refractivity contribution < 1.29 is 0 Å². The Hall–Kier alpha value is -0.660. The molecule has 0 saturated carbocycles. The van der Waals surface area contributed by atoms with E-state index in [-0.39, 0.29) is 0 Å². The maximum atomic E-state index is 2.72. The lowest BCUT2D eigenvalue weighted by atomic mass is 10.0. The van der Waals surface area contributed by atoms with Gasteiger partial charge in [-0.05, 0) is 25.7 Å². The molecule has 0 aromatic rings. The van der Waals surface area contributed by atoms with Crippen molar-refractivity contribution in [3.05, 3.63) is 12.4 Å². The van der Waals surface area contributed by atoms with Gasteiger partial charge in [-0.15, -0.1) is 0 Å². The van der Waals surface area contributed by atoms with Gasteiger partial charge in [0.15, 0.2) is 0 Å². The topological polar surface area (TPSA) is 6.48 Å². The fourth-order valence-electron chi connectivity index (χ4n) is 7.07. The van der Waals surface area contributed by atoms with Crippen molar-refractivity contribution >= 4 is 0 Å². The van der Waals surface area contributed by atoms with Crippen molar-refractivity contribution in [3.8, 4) is 0 Å². The van der Waals surface area contributed by atoms with E-state index in [4.69, 9.17) is 0 Å². The van der Waals surface area contributed by atoms with Crippen molar-refractivity contribution in [1.82, 2.24) is 9.80 Å². The van der Waals surface area contributed by atoms with Crippen molar-refractivity contribution in [2.45, 2.75) is 239 Å². The molecule has 256 valence electrons. The molecule has 43 heavy (non-hydrogen) atoms. The molecule has 2 nitrogen and oxygen atoms in total. The highest BCUT2D eigenvalue weighted by atomic mass is 15.4. The Balaban J connectivity index is 2.17. The Bertz CT molecular complexity index is 558. The average molecular weight is 603 g/mol. The first-order chi connectivity index (χ1) is 21.3. The summed E-state index contributed by atoms with van der Waals surface area (Å²) in [6.45, 7) is 9.48. The van der Waals surface area contributed by atoms with Crippen LogP contribution in [0.5, 0.6) is 0 Å². The van der Waals surface area contributed by atoms with E-state index in [1.165, 1.54) is 225 Å². The van der Waals surface area contributed by atoms with Gasteiger partial charge in [0.1, 0.15) is 6.17 Å². The van der Waals surface area contributed by atoms with Crippen LogP contribution in [-0.2, 0) is 0 Å². The molecule has 1 aliphatic heterocycles. The molecule has 0 bridgehead atoms. The molecule has 0 aromatic carbocycles. The monoisotopic (exact) mass is 603 g/mol. The molecule has 0 aromatic heterocycles. The fourth-order valence-corrected chi connectivity index (χ4v) is 7.07. The van der Waals surface area contributed by atoms with Crippen molar-refractivity contribution in [1.29, 1.82) is 0 Å². The number of rotatable bonds is 35. The van der Waals surface area contributed by atoms with E-state index in [2.05, 4.69) is 43.0 Å². The minimum atomic E-state index is 0.640. The molecule has 1 aliphatic rings. The zero-order valence-electron chi connectivity index (χ0n) is 30.4. The largest absolute Gasteiger partial charge is 0.356 e. The van der Waals surface area contributed by atoms with Crippen LogP contribution in [0.25, 0.3) is 0 Å². The van der Waals surface area contributed by atoms with E-state index in [9.17, 15) is 0 Å². The number of hydrogen-bond donors (Lipinski definition) is 0. The molecule has 0 fully saturated rings. The van der Waals surface area contributed by atoms with E-state index < -0.39 is 0 Å². The zero-order chi connectivity index (χ0) is 30.9. The highest BCUT2D eigenvalue weighted by molar-refractivity contribution is 4.97. The van der Waals surface area contributed by atoms with Gasteiger partial charge in [0.2, 0.25) is 0 Å². The van der Waals surface area contributed by atoms with Gasteiger partial charge in [0.05, 0.1) is 0 Å². The molecule has 0 radical (unpaired) electrons. The van der Waals surface area contributed by atoms with E-state index in [0.717, 1.165) is 0 Å². The molecule has 2 heteroatoms. The third-order valence-electron chi connectivity index (χ3n) is 10.1. The van der Waals surface area contributed by atoms with Crippen LogP contribution in [0.2, 0.25) is 0 Å². The maximum Gasteiger partial charge on any atom is 0.101 e. The molecule has 0 spiro atoms. The summed E-state index contributed by atoms with van der Waals surface area (Å²) < 4.78 is 0. The van der Waals surface area contributed by atoms with Crippen molar-refractivity contribution in [2.75, 3.05) is 13.1 Å². The standard InChI is InChI=1S/C41H82N2/c1-4-7-10-13-16-18-20-22-24-26-28-30-33-36-41-42(37-34-31-15-12-9-6-3)39-40-43(41)38-35-32-29-27-25-23-21-19-17-14-11-8-5-2/h39-41H,4-38H2,1-3H3. The summed E-state index contributed by atoms with van der Waals surface area (Å²) in [5.41, 5.74) is 0. The Morgan fingerprint density at radius 2 is 0.535 bits per heavy atom. The summed E-state index contributed by atoms with van der Waals surface area (Å²) in [7, 11) is 0. The summed E-state index contributed by atoms with van der Waals surface area (Å²) in [5, 5.41) is 0. The second kappa shape index (κ2) is 32.7. The van der Waals surface area contributed by atoms with Crippen LogP contribution in [-0.4, -0.2) is 29.1 Å². The average Bonchev–Trinajstić information content (AvgIpc) is 3.40. The van der Waals surface area contributed by atoms with Crippen molar-refractivity contribution in [2.24, 2.45) is 0 Å². The van der Waals surface area contributed by atoms with Gasteiger partial charge < -0.3 is 9.80 Å². The highest BCUT2D eigenvalue weighted by Gasteiger charge is 2.24. The number of nitrogens with zero attached hydrogens (tertiary/aromatic N) is 2. The lowest BCUT2D eigenvalue weighted by molar-refractivity contribution is 0.135. The van der Waals surface area contributed by atoms with Crippen LogP contribution in [0.4, 0.5) is 0 Å². The van der Waals surface area contributed by atoms with Crippen LogP contribution in [0, 0.1) is 0 Å². The highest BCUT2D eigenvalue weighted by Crippen LogP contribution is 2.24. The minimum Gasteiger partial charge on any atom is -0.356 e. The SMILES string of the molecule is CCCCCCCCCCCCCCCC1N(CCCCCCCC)C=CN1CCCCCCCCCCCCCCC. The van der Waals surface area contributed by atoms with E-state index in [0.29, 0.717) is 6.17 Å². The van der Waals surface area contributed by atoms with E-state index in [1.54, 1.807) is 0 Å². The first-order valence-corrected chi connectivity index (χ1v) is 20.5. The summed E-state index contributed by atoms with van der Waals surface area (Å²) in [4.78, 5) is 5.43. The Kier molecular flexibility index (Phi) is 30.7. The predicted molar refractivity (Wildman–Crippen MR) is 196 cm³/mol. The van der Waals surface area contributed by atoms with Gasteiger partial charge in [-0.2, -0.15) is 0 Å². The minimum absolute atomic E-state index is 0.640. The number of unbranched alkanes of at least 4 members (excludes halogenated alkanes) is 29.